The predicted molar refractivity (Wildman–Crippen MR) is 44.2 cm³/mol. The van der Waals surface area contributed by atoms with E-state index in [1.54, 1.807) is 0 Å². The smallest absolute Gasteiger partial charge is 0.0302 e. The lowest BCUT2D eigenvalue weighted by molar-refractivity contribution is 0.624. The van der Waals surface area contributed by atoms with Gasteiger partial charge in [0.25, 0.3) is 0 Å². The van der Waals surface area contributed by atoms with Gasteiger partial charge in [-0.1, -0.05) is 0 Å². The van der Waals surface area contributed by atoms with E-state index in [0.717, 1.165) is 12.8 Å². The van der Waals surface area contributed by atoms with Crippen molar-refractivity contribution in [2.75, 3.05) is 0 Å². The van der Waals surface area contributed by atoms with Crippen LogP contribution in [-0.4, -0.2) is 4.98 Å². The van der Waals surface area contributed by atoms with E-state index in [9.17, 15) is 0 Å². The highest BCUT2D eigenvalue weighted by atomic mass is 14.6. The molecule has 1 heterocycles. The van der Waals surface area contributed by atoms with Crippen molar-refractivity contribution in [2.45, 2.75) is 25.2 Å². The van der Waals surface area contributed by atoms with Crippen molar-refractivity contribution in [1.29, 1.82) is 0 Å². The Morgan fingerprint density at radius 1 is 1.55 bits per heavy atom. The molecule has 1 aromatic rings. The summed E-state index contributed by atoms with van der Waals surface area (Å²) in [4.78, 5) is 4.08. The van der Waals surface area contributed by atoms with Crippen LogP contribution in [0.15, 0.2) is 18.5 Å². The summed E-state index contributed by atoms with van der Waals surface area (Å²) in [6.07, 6.45) is 7.24. The first kappa shape index (κ1) is 6.84. The van der Waals surface area contributed by atoms with Crippen LogP contribution in [0.5, 0.6) is 0 Å². The van der Waals surface area contributed by atoms with Gasteiger partial charge in [0.05, 0.1) is 0 Å². The molecule has 0 bridgehead atoms. The number of hydrogen-bond donors (Lipinski definition) is 0. The van der Waals surface area contributed by atoms with Gasteiger partial charge < -0.3 is 0 Å². The zero-order chi connectivity index (χ0) is 7.68. The molecule has 1 atom stereocenters. The van der Waals surface area contributed by atoms with Gasteiger partial charge in [0.2, 0.25) is 0 Å². The molecular formula is C10H11N. The summed E-state index contributed by atoms with van der Waals surface area (Å²) in [6, 6.07) is 2.04. The van der Waals surface area contributed by atoms with Crippen molar-refractivity contribution in [3.8, 4) is 0 Å². The fourth-order valence-electron chi connectivity index (χ4n) is 1.68. The molecule has 1 aliphatic rings. The highest BCUT2D eigenvalue weighted by Crippen LogP contribution is 2.29. The molecule has 1 nitrogen and oxygen atoms in total. The van der Waals surface area contributed by atoms with Gasteiger partial charge in [-0.05, 0) is 49.3 Å². The van der Waals surface area contributed by atoms with E-state index >= 15 is 0 Å². The molecule has 2 rings (SSSR count). The van der Waals surface area contributed by atoms with E-state index in [1.807, 2.05) is 18.5 Å². The molecule has 0 saturated carbocycles. The second kappa shape index (κ2) is 2.65. The fourth-order valence-corrected chi connectivity index (χ4v) is 1.68. The maximum Gasteiger partial charge on any atom is 0.0302 e. The molecular weight excluding hydrogens is 134 g/mol. The SMILES string of the molecule is [CH]C1CCCc2cnccc21. The van der Waals surface area contributed by atoms with Crippen LogP contribution in [0.2, 0.25) is 0 Å². The number of fused-ring (bicyclic) bond motifs is 1. The molecule has 1 unspecified atom stereocenters. The Morgan fingerprint density at radius 2 is 2.45 bits per heavy atom. The Hall–Kier alpha value is -0.850. The summed E-state index contributed by atoms with van der Waals surface area (Å²) in [6.45, 7) is 5.92. The van der Waals surface area contributed by atoms with Crippen molar-refractivity contribution < 1.29 is 0 Å². The molecule has 0 spiro atoms. The molecule has 1 heteroatoms. The van der Waals surface area contributed by atoms with Crippen LogP contribution in [0.1, 0.15) is 29.9 Å². The number of rotatable bonds is 0. The van der Waals surface area contributed by atoms with E-state index in [0.29, 0.717) is 0 Å². The summed E-state index contributed by atoms with van der Waals surface area (Å²) in [7, 11) is 0. The van der Waals surface area contributed by atoms with Gasteiger partial charge in [0, 0.05) is 12.4 Å². The lowest BCUT2D eigenvalue weighted by Crippen LogP contribution is -2.06. The number of aromatic nitrogens is 1. The molecule has 11 heavy (non-hydrogen) atoms. The maximum atomic E-state index is 5.92. The second-order valence-electron chi connectivity index (χ2n) is 3.07. The quantitative estimate of drug-likeness (QED) is 0.545. The molecule has 0 amide bonds. The Kier molecular flexibility index (Phi) is 1.65. The first-order valence-electron chi connectivity index (χ1n) is 4.06. The molecule has 0 saturated heterocycles. The zero-order valence-electron chi connectivity index (χ0n) is 6.46. The van der Waals surface area contributed by atoms with E-state index in [-0.39, 0.29) is 5.92 Å². The fraction of sp³-hybridized carbons (Fsp3) is 0.400. The Morgan fingerprint density at radius 3 is 3.27 bits per heavy atom. The van der Waals surface area contributed by atoms with E-state index < -0.39 is 0 Å². The molecule has 0 N–H and O–H groups in total. The van der Waals surface area contributed by atoms with Crippen LogP contribution < -0.4 is 0 Å². The third kappa shape index (κ3) is 1.15. The molecule has 56 valence electrons. The lowest BCUT2D eigenvalue weighted by atomic mass is 9.85. The average Bonchev–Trinajstić information content (AvgIpc) is 2.06. The van der Waals surface area contributed by atoms with E-state index in [2.05, 4.69) is 4.98 Å². The number of aryl methyl sites for hydroxylation is 1. The summed E-state index contributed by atoms with van der Waals surface area (Å²) < 4.78 is 0. The number of nitrogens with zero attached hydrogens (tertiary/aromatic N) is 1. The third-order valence-electron chi connectivity index (χ3n) is 2.30. The standard InChI is InChI=1S/C10H11N/c1-8-3-2-4-9-7-11-6-5-10(8)9/h1,5-8H,2-4H2. The summed E-state index contributed by atoms with van der Waals surface area (Å²) in [5.74, 6) is 0.252. The van der Waals surface area contributed by atoms with Gasteiger partial charge in [-0.2, -0.15) is 0 Å². The largest absolute Gasteiger partial charge is 0.264 e. The van der Waals surface area contributed by atoms with Gasteiger partial charge in [0.15, 0.2) is 0 Å². The molecule has 1 aliphatic carbocycles. The van der Waals surface area contributed by atoms with E-state index in [1.165, 1.54) is 17.5 Å². The molecule has 0 fully saturated rings. The van der Waals surface area contributed by atoms with Gasteiger partial charge in [0.1, 0.15) is 0 Å². The Bertz CT molecular complexity index is 255. The van der Waals surface area contributed by atoms with Crippen LogP contribution in [-0.2, 0) is 6.42 Å². The lowest BCUT2D eigenvalue weighted by Gasteiger charge is -2.20. The van der Waals surface area contributed by atoms with Crippen molar-refractivity contribution >= 4 is 0 Å². The topological polar surface area (TPSA) is 12.9 Å². The number of pyridine rings is 1. The normalized spacial score (nSPS) is 22.8. The first-order chi connectivity index (χ1) is 5.38. The van der Waals surface area contributed by atoms with Crippen molar-refractivity contribution in [1.82, 2.24) is 4.98 Å². The third-order valence-corrected chi connectivity index (χ3v) is 2.30. The van der Waals surface area contributed by atoms with Gasteiger partial charge in [-0.3, -0.25) is 4.98 Å². The van der Waals surface area contributed by atoms with Crippen LogP contribution in [0.4, 0.5) is 0 Å². The highest BCUT2D eigenvalue weighted by molar-refractivity contribution is 5.30. The van der Waals surface area contributed by atoms with Crippen LogP contribution in [0.25, 0.3) is 0 Å². The molecule has 2 radical (unpaired) electrons. The Balaban J connectivity index is 2.44. The minimum Gasteiger partial charge on any atom is -0.264 e. The van der Waals surface area contributed by atoms with Crippen LogP contribution in [0, 0.1) is 6.92 Å². The highest BCUT2D eigenvalue weighted by Gasteiger charge is 2.15. The summed E-state index contributed by atoms with van der Waals surface area (Å²) >= 11 is 0. The second-order valence-corrected chi connectivity index (χ2v) is 3.07. The summed E-state index contributed by atoms with van der Waals surface area (Å²) in [5, 5.41) is 0. The maximum absolute atomic E-state index is 5.92. The van der Waals surface area contributed by atoms with Gasteiger partial charge >= 0.3 is 0 Å². The first-order valence-corrected chi connectivity index (χ1v) is 4.06. The molecule has 1 aromatic heterocycles. The number of hydrogen-bond acceptors (Lipinski definition) is 1. The van der Waals surface area contributed by atoms with E-state index in [4.69, 9.17) is 6.92 Å². The average molecular weight is 145 g/mol. The molecule has 0 aromatic carbocycles. The van der Waals surface area contributed by atoms with Crippen molar-refractivity contribution in [3.05, 3.63) is 36.5 Å². The van der Waals surface area contributed by atoms with Crippen molar-refractivity contribution in [3.63, 3.8) is 0 Å². The minimum atomic E-state index is 0.252. The minimum absolute atomic E-state index is 0.252. The molecule has 0 aliphatic heterocycles. The van der Waals surface area contributed by atoms with Gasteiger partial charge in [-0.25, -0.2) is 0 Å². The van der Waals surface area contributed by atoms with Crippen LogP contribution in [0.3, 0.4) is 0 Å². The summed E-state index contributed by atoms with van der Waals surface area (Å²) in [5.41, 5.74) is 2.64. The predicted octanol–water partition coefficient (Wildman–Crippen LogP) is 2.21. The van der Waals surface area contributed by atoms with Gasteiger partial charge in [-0.15, -0.1) is 0 Å². The Labute approximate surface area is 67.5 Å². The zero-order valence-corrected chi connectivity index (χ0v) is 6.46. The van der Waals surface area contributed by atoms with Crippen molar-refractivity contribution in [2.24, 2.45) is 0 Å². The van der Waals surface area contributed by atoms with Crippen LogP contribution >= 0.6 is 0 Å². The monoisotopic (exact) mass is 145 g/mol.